The number of hydrogen-bond donors (Lipinski definition) is 1. The molecule has 1 unspecified atom stereocenters. The van der Waals surface area contributed by atoms with Crippen molar-refractivity contribution in [3.05, 3.63) is 35.4 Å². The van der Waals surface area contributed by atoms with Crippen molar-refractivity contribution in [1.29, 1.82) is 0 Å². The third kappa shape index (κ3) is 1.91. The van der Waals surface area contributed by atoms with Crippen LogP contribution in [-0.2, 0) is 21.5 Å². The first kappa shape index (κ1) is 13.1. The molecule has 0 radical (unpaired) electrons. The number of hydrogen-bond acceptors (Lipinski definition) is 3. The number of aliphatic carboxylic acids is 1. The van der Waals surface area contributed by atoms with Crippen molar-refractivity contribution in [2.24, 2.45) is 0 Å². The molecule has 98 valence electrons. The summed E-state index contributed by atoms with van der Waals surface area (Å²) < 4.78 is 5.05. The van der Waals surface area contributed by atoms with Gasteiger partial charge in [0.2, 0.25) is 0 Å². The van der Waals surface area contributed by atoms with Crippen molar-refractivity contribution in [2.45, 2.75) is 18.4 Å². The first-order chi connectivity index (χ1) is 8.63. The van der Waals surface area contributed by atoms with Gasteiger partial charge in [-0.15, -0.1) is 0 Å². The molecule has 0 bridgehead atoms. The third-order valence-corrected chi connectivity index (χ3v) is 3.86. The second-order valence-electron chi connectivity index (χ2n) is 4.74. The first-order valence-electron chi connectivity index (χ1n) is 6.15. The molecule has 1 aromatic rings. The number of benzene rings is 1. The Kier molecular flexibility index (Phi) is 3.68. The minimum Gasteiger partial charge on any atom is -0.480 e. The van der Waals surface area contributed by atoms with E-state index in [0.29, 0.717) is 19.6 Å². The van der Waals surface area contributed by atoms with Gasteiger partial charge in [-0.25, -0.2) is 4.79 Å². The Morgan fingerprint density at radius 2 is 2.22 bits per heavy atom. The van der Waals surface area contributed by atoms with Crippen LogP contribution in [0.3, 0.4) is 0 Å². The number of rotatable bonds is 5. The van der Waals surface area contributed by atoms with E-state index in [1.54, 1.807) is 7.11 Å². The van der Waals surface area contributed by atoms with E-state index >= 15 is 0 Å². The van der Waals surface area contributed by atoms with Crippen LogP contribution >= 0.6 is 0 Å². The summed E-state index contributed by atoms with van der Waals surface area (Å²) >= 11 is 0. The molecule has 4 heteroatoms. The van der Waals surface area contributed by atoms with Crippen molar-refractivity contribution in [3.63, 3.8) is 0 Å². The van der Waals surface area contributed by atoms with Gasteiger partial charge in [-0.05, 0) is 31.0 Å². The van der Waals surface area contributed by atoms with Gasteiger partial charge in [0, 0.05) is 13.7 Å². The van der Waals surface area contributed by atoms with Crippen LogP contribution in [0.2, 0.25) is 0 Å². The zero-order chi connectivity index (χ0) is 13.2. The Balaban J connectivity index is 2.38. The maximum absolute atomic E-state index is 11.8. The number of ether oxygens (including phenoxy) is 1. The highest BCUT2D eigenvalue weighted by Gasteiger charge is 2.48. The second-order valence-corrected chi connectivity index (χ2v) is 4.74. The van der Waals surface area contributed by atoms with Crippen molar-refractivity contribution in [1.82, 2.24) is 4.90 Å². The van der Waals surface area contributed by atoms with Gasteiger partial charge in [0.05, 0.1) is 6.61 Å². The van der Waals surface area contributed by atoms with Gasteiger partial charge in [0.15, 0.2) is 0 Å². The fourth-order valence-corrected chi connectivity index (χ4v) is 2.79. The highest BCUT2D eigenvalue weighted by Crippen LogP contribution is 2.41. The first-order valence-corrected chi connectivity index (χ1v) is 6.15. The molecule has 1 aromatic carbocycles. The number of nitrogens with zero attached hydrogens (tertiary/aromatic N) is 1. The average molecular weight is 249 g/mol. The number of carboxylic acids is 1. The molecule has 2 rings (SSSR count). The van der Waals surface area contributed by atoms with Gasteiger partial charge < -0.3 is 9.84 Å². The van der Waals surface area contributed by atoms with Crippen molar-refractivity contribution in [3.8, 4) is 0 Å². The highest BCUT2D eigenvalue weighted by atomic mass is 16.5. The topological polar surface area (TPSA) is 49.8 Å². The van der Waals surface area contributed by atoms with E-state index in [-0.39, 0.29) is 0 Å². The normalized spacial score (nSPS) is 22.2. The molecule has 0 aromatic heterocycles. The van der Waals surface area contributed by atoms with Gasteiger partial charge in [-0.1, -0.05) is 24.3 Å². The molecule has 0 aliphatic heterocycles. The zero-order valence-electron chi connectivity index (χ0n) is 10.8. The van der Waals surface area contributed by atoms with Crippen LogP contribution in [0, 0.1) is 0 Å². The lowest BCUT2D eigenvalue weighted by molar-refractivity contribution is -0.152. The summed E-state index contributed by atoms with van der Waals surface area (Å²) in [6, 6.07) is 7.82. The number of likely N-dealkylation sites (N-methyl/N-ethyl adjacent to an activating group) is 1. The lowest BCUT2D eigenvalue weighted by Crippen LogP contribution is -2.49. The summed E-state index contributed by atoms with van der Waals surface area (Å²) in [5.41, 5.74) is 1.18. The van der Waals surface area contributed by atoms with Gasteiger partial charge >= 0.3 is 5.97 Å². The Morgan fingerprint density at radius 3 is 2.89 bits per heavy atom. The van der Waals surface area contributed by atoms with E-state index in [1.807, 2.05) is 36.2 Å². The molecule has 0 amide bonds. The Bertz CT molecular complexity index is 446. The largest absolute Gasteiger partial charge is 0.480 e. The van der Waals surface area contributed by atoms with Crippen LogP contribution in [0.4, 0.5) is 0 Å². The quantitative estimate of drug-likeness (QED) is 0.859. The molecular weight excluding hydrogens is 230 g/mol. The molecule has 0 spiro atoms. The second kappa shape index (κ2) is 5.08. The van der Waals surface area contributed by atoms with Crippen molar-refractivity contribution >= 4 is 5.97 Å². The average Bonchev–Trinajstić information content (AvgIpc) is 2.76. The summed E-state index contributed by atoms with van der Waals surface area (Å²) in [7, 11) is 3.49. The molecule has 1 aliphatic carbocycles. The maximum atomic E-state index is 11.8. The van der Waals surface area contributed by atoms with Gasteiger partial charge in [0.1, 0.15) is 5.54 Å². The van der Waals surface area contributed by atoms with Crippen LogP contribution in [0.5, 0.6) is 0 Å². The van der Waals surface area contributed by atoms with E-state index in [9.17, 15) is 9.90 Å². The molecule has 0 saturated heterocycles. The van der Waals surface area contributed by atoms with Crippen molar-refractivity contribution in [2.75, 3.05) is 27.3 Å². The van der Waals surface area contributed by atoms with E-state index in [4.69, 9.17) is 4.74 Å². The molecule has 0 saturated carbocycles. The summed E-state index contributed by atoms with van der Waals surface area (Å²) in [5.74, 6) is -0.772. The molecule has 1 atom stereocenters. The highest BCUT2D eigenvalue weighted by molar-refractivity contribution is 5.82. The fourth-order valence-electron chi connectivity index (χ4n) is 2.79. The molecular formula is C14H19NO3. The smallest absolute Gasteiger partial charge is 0.328 e. The third-order valence-electron chi connectivity index (χ3n) is 3.86. The maximum Gasteiger partial charge on any atom is 0.328 e. The van der Waals surface area contributed by atoms with Crippen LogP contribution in [0.15, 0.2) is 24.3 Å². The number of aryl methyl sites for hydroxylation is 1. The zero-order valence-corrected chi connectivity index (χ0v) is 10.8. The monoisotopic (exact) mass is 249 g/mol. The predicted octanol–water partition coefficient (Wildman–Crippen LogP) is 1.49. The summed E-state index contributed by atoms with van der Waals surface area (Å²) in [6.07, 6.45) is 1.45. The molecule has 0 heterocycles. The van der Waals surface area contributed by atoms with Crippen LogP contribution in [0.1, 0.15) is 17.5 Å². The van der Waals surface area contributed by atoms with E-state index in [1.165, 1.54) is 0 Å². The number of fused-ring (bicyclic) bond motifs is 1. The SMILES string of the molecule is COCCN(C)C1(C(=O)O)CCc2ccccc21. The van der Waals surface area contributed by atoms with Crippen molar-refractivity contribution < 1.29 is 14.6 Å². The van der Waals surface area contributed by atoms with E-state index in [0.717, 1.165) is 17.5 Å². The Hall–Kier alpha value is -1.39. The standard InChI is InChI=1S/C14H19NO3/c1-15(9-10-18-2)14(13(16)17)8-7-11-5-3-4-6-12(11)14/h3-6H,7-10H2,1-2H3,(H,16,17). The number of carbonyl (C=O) groups is 1. The fraction of sp³-hybridized carbons (Fsp3) is 0.500. The minimum absolute atomic E-state index is 0.535. The van der Waals surface area contributed by atoms with Gasteiger partial charge in [-0.2, -0.15) is 0 Å². The van der Waals surface area contributed by atoms with Gasteiger partial charge in [0.25, 0.3) is 0 Å². The molecule has 1 aliphatic rings. The van der Waals surface area contributed by atoms with E-state index < -0.39 is 11.5 Å². The van der Waals surface area contributed by atoms with Gasteiger partial charge in [-0.3, -0.25) is 4.90 Å². The Morgan fingerprint density at radius 1 is 1.50 bits per heavy atom. The summed E-state index contributed by atoms with van der Waals surface area (Å²) in [4.78, 5) is 13.7. The lowest BCUT2D eigenvalue weighted by Gasteiger charge is -2.35. The van der Waals surface area contributed by atoms with Crippen LogP contribution in [-0.4, -0.2) is 43.3 Å². The van der Waals surface area contributed by atoms with Crippen LogP contribution < -0.4 is 0 Å². The molecule has 0 fully saturated rings. The Labute approximate surface area is 107 Å². The molecule has 18 heavy (non-hydrogen) atoms. The minimum atomic E-state index is -0.894. The summed E-state index contributed by atoms with van der Waals surface area (Å²) in [5, 5.41) is 9.70. The lowest BCUT2D eigenvalue weighted by atomic mass is 9.90. The number of methoxy groups -OCH3 is 1. The number of carboxylic acid groups (broad SMARTS) is 1. The molecule has 1 N–H and O–H groups in total. The van der Waals surface area contributed by atoms with Crippen LogP contribution in [0.25, 0.3) is 0 Å². The summed E-state index contributed by atoms with van der Waals surface area (Å²) in [6.45, 7) is 1.14. The van der Waals surface area contributed by atoms with E-state index in [2.05, 4.69) is 0 Å². The predicted molar refractivity (Wildman–Crippen MR) is 68.6 cm³/mol. The molecule has 4 nitrogen and oxygen atoms in total.